The lowest BCUT2D eigenvalue weighted by molar-refractivity contribution is 0.0983. The SMILES string of the molecule is CCn1nc(C)cc1C(=O)Cc1nc2ccccc2s1. The lowest BCUT2D eigenvalue weighted by Crippen LogP contribution is -2.11. The third-order valence-electron chi connectivity index (χ3n) is 3.14. The van der Waals surface area contributed by atoms with Crippen LogP contribution in [0.2, 0.25) is 0 Å². The molecule has 102 valence electrons. The van der Waals surface area contributed by atoms with Crippen molar-refractivity contribution in [1.82, 2.24) is 14.8 Å². The second-order valence-corrected chi connectivity index (χ2v) is 5.78. The molecule has 0 saturated heterocycles. The first kappa shape index (κ1) is 13.0. The summed E-state index contributed by atoms with van der Waals surface area (Å²) in [5, 5.41) is 5.17. The molecule has 0 bridgehead atoms. The number of para-hydroxylation sites is 1. The summed E-state index contributed by atoms with van der Waals surface area (Å²) in [6.45, 7) is 4.59. The van der Waals surface area contributed by atoms with Gasteiger partial charge in [0.1, 0.15) is 10.7 Å². The molecule has 0 aliphatic rings. The maximum Gasteiger partial charge on any atom is 0.187 e. The Bertz CT molecular complexity index is 739. The second-order valence-electron chi connectivity index (χ2n) is 4.66. The molecular formula is C15H15N3OS. The third-order valence-corrected chi connectivity index (χ3v) is 4.17. The van der Waals surface area contributed by atoms with E-state index in [2.05, 4.69) is 10.1 Å². The minimum atomic E-state index is 0.0755. The van der Waals surface area contributed by atoms with Crippen LogP contribution in [0.15, 0.2) is 30.3 Å². The van der Waals surface area contributed by atoms with Gasteiger partial charge in [-0.05, 0) is 32.0 Å². The second kappa shape index (κ2) is 5.17. The lowest BCUT2D eigenvalue weighted by Gasteiger charge is -2.01. The minimum absolute atomic E-state index is 0.0755. The Morgan fingerprint density at radius 1 is 1.35 bits per heavy atom. The number of ketones is 1. The molecular weight excluding hydrogens is 270 g/mol. The number of hydrogen-bond donors (Lipinski definition) is 0. The molecule has 0 saturated carbocycles. The summed E-state index contributed by atoms with van der Waals surface area (Å²) in [6, 6.07) is 9.80. The molecule has 0 spiro atoms. The number of hydrogen-bond acceptors (Lipinski definition) is 4. The normalized spacial score (nSPS) is 11.1. The highest BCUT2D eigenvalue weighted by molar-refractivity contribution is 7.18. The molecule has 3 aromatic rings. The van der Waals surface area contributed by atoms with Crippen LogP contribution >= 0.6 is 11.3 Å². The zero-order chi connectivity index (χ0) is 14.1. The number of carbonyl (C=O) groups is 1. The molecule has 20 heavy (non-hydrogen) atoms. The van der Waals surface area contributed by atoms with Gasteiger partial charge in [0.15, 0.2) is 5.78 Å². The van der Waals surface area contributed by atoms with Crippen LogP contribution in [0.1, 0.15) is 28.1 Å². The fourth-order valence-corrected chi connectivity index (χ4v) is 3.20. The van der Waals surface area contributed by atoms with Crippen LogP contribution in [-0.4, -0.2) is 20.5 Å². The number of thiazole rings is 1. The highest BCUT2D eigenvalue weighted by atomic mass is 32.1. The molecule has 2 heterocycles. The first-order valence-corrected chi connectivity index (χ1v) is 7.41. The van der Waals surface area contributed by atoms with E-state index in [1.807, 2.05) is 44.2 Å². The number of benzene rings is 1. The standard InChI is InChI=1S/C15H15N3OS/c1-3-18-12(8-10(2)17-18)13(19)9-15-16-11-6-4-5-7-14(11)20-15/h4-8H,3,9H2,1-2H3. The van der Waals surface area contributed by atoms with Gasteiger partial charge in [-0.15, -0.1) is 11.3 Å². The number of aromatic nitrogens is 3. The van der Waals surface area contributed by atoms with E-state index in [1.165, 1.54) is 0 Å². The van der Waals surface area contributed by atoms with Gasteiger partial charge >= 0.3 is 0 Å². The number of rotatable bonds is 4. The topological polar surface area (TPSA) is 47.8 Å². The number of carbonyl (C=O) groups excluding carboxylic acids is 1. The molecule has 5 heteroatoms. The summed E-state index contributed by atoms with van der Waals surface area (Å²) in [6.07, 6.45) is 0.338. The van der Waals surface area contributed by atoms with E-state index in [9.17, 15) is 4.79 Å². The molecule has 0 aliphatic heterocycles. The van der Waals surface area contributed by atoms with E-state index < -0.39 is 0 Å². The van der Waals surface area contributed by atoms with E-state index in [-0.39, 0.29) is 5.78 Å². The van der Waals surface area contributed by atoms with Crippen molar-refractivity contribution in [2.24, 2.45) is 0 Å². The van der Waals surface area contributed by atoms with Gasteiger partial charge in [-0.3, -0.25) is 9.48 Å². The molecule has 0 radical (unpaired) electrons. The molecule has 1 aromatic carbocycles. The van der Waals surface area contributed by atoms with E-state index in [4.69, 9.17) is 0 Å². The summed E-state index contributed by atoms with van der Waals surface area (Å²) >= 11 is 1.58. The summed E-state index contributed by atoms with van der Waals surface area (Å²) in [4.78, 5) is 16.9. The van der Waals surface area contributed by atoms with Gasteiger partial charge in [-0.2, -0.15) is 5.10 Å². The van der Waals surface area contributed by atoms with Crippen LogP contribution < -0.4 is 0 Å². The van der Waals surface area contributed by atoms with E-state index in [0.29, 0.717) is 18.7 Å². The smallest absolute Gasteiger partial charge is 0.187 e. The van der Waals surface area contributed by atoms with Crippen molar-refractivity contribution in [3.05, 3.63) is 46.7 Å². The first-order valence-electron chi connectivity index (χ1n) is 6.59. The van der Waals surface area contributed by atoms with Gasteiger partial charge in [0.05, 0.1) is 22.3 Å². The molecule has 3 rings (SSSR count). The Hall–Kier alpha value is -2.01. The predicted octanol–water partition coefficient (Wildman–Crippen LogP) is 3.25. The molecule has 0 fully saturated rings. The van der Waals surface area contributed by atoms with Gasteiger partial charge in [0, 0.05) is 6.54 Å². The average molecular weight is 285 g/mol. The quantitative estimate of drug-likeness (QED) is 0.691. The van der Waals surface area contributed by atoms with Crippen LogP contribution in [0, 0.1) is 6.92 Å². The fourth-order valence-electron chi connectivity index (χ4n) is 2.23. The van der Waals surface area contributed by atoms with E-state index >= 15 is 0 Å². The molecule has 2 aromatic heterocycles. The van der Waals surface area contributed by atoms with Crippen LogP contribution in [0.5, 0.6) is 0 Å². The Labute approximate surface area is 121 Å². The third kappa shape index (κ3) is 2.36. The zero-order valence-corrected chi connectivity index (χ0v) is 12.3. The molecule has 0 N–H and O–H groups in total. The first-order chi connectivity index (χ1) is 9.67. The molecule has 0 amide bonds. The van der Waals surface area contributed by atoms with Crippen molar-refractivity contribution in [1.29, 1.82) is 0 Å². The van der Waals surface area contributed by atoms with Crippen LogP contribution in [0.4, 0.5) is 0 Å². The van der Waals surface area contributed by atoms with Crippen molar-refractivity contribution < 1.29 is 4.79 Å². The number of nitrogens with zero attached hydrogens (tertiary/aromatic N) is 3. The fraction of sp³-hybridized carbons (Fsp3) is 0.267. The molecule has 0 aliphatic carbocycles. The number of Topliss-reactive ketones (excluding diaryl/α,β-unsaturated/α-hetero) is 1. The summed E-state index contributed by atoms with van der Waals surface area (Å²) in [5.41, 5.74) is 2.50. The molecule has 0 unspecified atom stereocenters. The Morgan fingerprint density at radius 3 is 2.90 bits per heavy atom. The highest BCUT2D eigenvalue weighted by Gasteiger charge is 2.15. The van der Waals surface area contributed by atoms with Crippen LogP contribution in [0.3, 0.4) is 0 Å². The molecule has 0 atom stereocenters. The van der Waals surface area contributed by atoms with Crippen LogP contribution in [-0.2, 0) is 13.0 Å². The van der Waals surface area contributed by atoms with Crippen molar-refractivity contribution in [3.63, 3.8) is 0 Å². The minimum Gasteiger partial charge on any atom is -0.292 e. The Morgan fingerprint density at radius 2 is 2.15 bits per heavy atom. The predicted molar refractivity (Wildman–Crippen MR) is 80.3 cm³/mol. The summed E-state index contributed by atoms with van der Waals surface area (Å²) in [5.74, 6) is 0.0755. The van der Waals surface area contributed by atoms with Gasteiger partial charge in [0.25, 0.3) is 0 Å². The van der Waals surface area contributed by atoms with Gasteiger partial charge < -0.3 is 0 Å². The number of aryl methyl sites for hydroxylation is 2. The Kier molecular flexibility index (Phi) is 3.36. The Balaban J connectivity index is 1.88. The summed E-state index contributed by atoms with van der Waals surface area (Å²) < 4.78 is 2.88. The molecule has 4 nitrogen and oxygen atoms in total. The van der Waals surface area contributed by atoms with Gasteiger partial charge in [-0.25, -0.2) is 4.98 Å². The van der Waals surface area contributed by atoms with Crippen molar-refractivity contribution in [2.75, 3.05) is 0 Å². The highest BCUT2D eigenvalue weighted by Crippen LogP contribution is 2.22. The van der Waals surface area contributed by atoms with Crippen molar-refractivity contribution >= 4 is 27.3 Å². The monoisotopic (exact) mass is 285 g/mol. The largest absolute Gasteiger partial charge is 0.292 e. The van der Waals surface area contributed by atoms with Gasteiger partial charge in [-0.1, -0.05) is 12.1 Å². The average Bonchev–Trinajstić information content (AvgIpc) is 3.00. The van der Waals surface area contributed by atoms with Gasteiger partial charge in [0.2, 0.25) is 0 Å². The maximum atomic E-state index is 12.4. The van der Waals surface area contributed by atoms with Crippen molar-refractivity contribution in [2.45, 2.75) is 26.8 Å². The van der Waals surface area contributed by atoms with Crippen LogP contribution in [0.25, 0.3) is 10.2 Å². The van der Waals surface area contributed by atoms with Crippen molar-refractivity contribution in [3.8, 4) is 0 Å². The lowest BCUT2D eigenvalue weighted by atomic mass is 10.2. The summed E-state index contributed by atoms with van der Waals surface area (Å²) in [7, 11) is 0. The van der Waals surface area contributed by atoms with E-state index in [0.717, 1.165) is 20.9 Å². The van der Waals surface area contributed by atoms with E-state index in [1.54, 1.807) is 16.0 Å². The number of fused-ring (bicyclic) bond motifs is 1. The maximum absolute atomic E-state index is 12.4. The zero-order valence-electron chi connectivity index (χ0n) is 11.5.